The summed E-state index contributed by atoms with van der Waals surface area (Å²) >= 11 is 0. The molecule has 4 amide bonds. The van der Waals surface area contributed by atoms with Crippen molar-refractivity contribution in [2.45, 2.75) is 69.5 Å². The summed E-state index contributed by atoms with van der Waals surface area (Å²) in [4.78, 5) is 53.8. The fraction of sp³-hybridized carbons (Fsp3) is 0.395. The van der Waals surface area contributed by atoms with Crippen molar-refractivity contribution in [3.05, 3.63) is 72.1 Å². The van der Waals surface area contributed by atoms with Crippen molar-refractivity contribution in [2.24, 2.45) is 5.92 Å². The van der Waals surface area contributed by atoms with E-state index >= 15 is 0 Å². The van der Waals surface area contributed by atoms with Gasteiger partial charge in [-0.3, -0.25) is 34.1 Å². The van der Waals surface area contributed by atoms with Crippen molar-refractivity contribution in [1.82, 2.24) is 35.1 Å². The highest BCUT2D eigenvalue weighted by Gasteiger charge is 2.44. The lowest BCUT2D eigenvalue weighted by atomic mass is 9.84. The van der Waals surface area contributed by atoms with Gasteiger partial charge in [-0.2, -0.15) is 5.10 Å². The van der Waals surface area contributed by atoms with Crippen molar-refractivity contribution in [1.29, 1.82) is 0 Å². The second-order valence-electron chi connectivity index (χ2n) is 14.3. The second-order valence-corrected chi connectivity index (χ2v) is 14.3. The Balaban J connectivity index is 0.816. The summed E-state index contributed by atoms with van der Waals surface area (Å²) in [5.74, 6) is -1.03. The molecule has 0 bridgehead atoms. The average Bonchev–Trinajstić information content (AvgIpc) is 3.74. The van der Waals surface area contributed by atoms with Gasteiger partial charge >= 0.3 is 0 Å². The van der Waals surface area contributed by atoms with E-state index in [1.807, 2.05) is 35.3 Å². The van der Waals surface area contributed by atoms with Crippen molar-refractivity contribution < 1.29 is 24.3 Å². The number of phenolic OH excluding ortho intramolecular Hbond substituents is 1. The van der Waals surface area contributed by atoms with Gasteiger partial charge in [0, 0.05) is 60.7 Å². The maximum absolute atomic E-state index is 13.2. The van der Waals surface area contributed by atoms with Gasteiger partial charge in [-0.1, -0.05) is 12.1 Å². The first-order valence-corrected chi connectivity index (χ1v) is 18.0. The van der Waals surface area contributed by atoms with E-state index in [2.05, 4.69) is 25.7 Å². The summed E-state index contributed by atoms with van der Waals surface area (Å²) in [6.45, 7) is 2.81. The lowest BCUT2D eigenvalue weighted by Crippen LogP contribution is -2.54. The first kappa shape index (κ1) is 33.5. The van der Waals surface area contributed by atoms with Crippen LogP contribution in [0.25, 0.3) is 22.4 Å². The zero-order valence-electron chi connectivity index (χ0n) is 28.7. The van der Waals surface area contributed by atoms with Gasteiger partial charge in [0.25, 0.3) is 11.8 Å². The van der Waals surface area contributed by atoms with Crippen molar-refractivity contribution >= 4 is 35.1 Å². The number of hydrogen-bond donors (Lipinski definition) is 4. The van der Waals surface area contributed by atoms with E-state index in [0.717, 1.165) is 79.9 Å². The number of rotatable bonds is 8. The van der Waals surface area contributed by atoms with Gasteiger partial charge in [-0.25, -0.2) is 0 Å². The SMILES string of the molecule is Nc1nnc(-c2ccccc2O)cc1-c1cnn(C2CCN(C3CCC(CNc4ccc5c(c4)C(=O)N(C4CCC(=O)NC4=O)C5=O)CC3)CC2)c1. The van der Waals surface area contributed by atoms with Crippen LogP contribution in [0.1, 0.15) is 78.1 Å². The monoisotopic (exact) mass is 703 g/mol. The molecule has 8 rings (SSSR count). The number of aromatic hydroxyl groups is 1. The van der Waals surface area contributed by atoms with Gasteiger partial charge in [0.05, 0.1) is 29.1 Å². The van der Waals surface area contributed by atoms with Gasteiger partial charge in [-0.05, 0) is 87.3 Å². The Hall–Kier alpha value is -5.63. The maximum Gasteiger partial charge on any atom is 0.262 e. The van der Waals surface area contributed by atoms with Crippen LogP contribution in [0.15, 0.2) is 60.9 Å². The lowest BCUT2D eigenvalue weighted by Gasteiger charge is -2.41. The van der Waals surface area contributed by atoms with Crippen molar-refractivity contribution in [3.8, 4) is 28.1 Å². The van der Waals surface area contributed by atoms with E-state index in [1.54, 1.807) is 30.3 Å². The number of nitrogen functional groups attached to an aromatic ring is 1. The minimum absolute atomic E-state index is 0.0936. The number of nitrogens with zero attached hydrogens (tertiary/aromatic N) is 6. The number of phenols is 1. The molecule has 4 aliphatic rings. The summed E-state index contributed by atoms with van der Waals surface area (Å²) in [6, 6.07) is 13.9. The Bertz CT molecular complexity index is 2050. The fourth-order valence-electron chi connectivity index (χ4n) is 8.20. The number of benzene rings is 2. The summed E-state index contributed by atoms with van der Waals surface area (Å²) in [5, 5.41) is 29.1. The van der Waals surface area contributed by atoms with Crippen LogP contribution in [-0.2, 0) is 9.59 Å². The number of para-hydroxylation sites is 1. The molecule has 2 aromatic carbocycles. The van der Waals surface area contributed by atoms with Crippen LogP contribution in [0.2, 0.25) is 0 Å². The number of amides is 4. The number of nitrogens with one attached hydrogen (secondary N) is 2. The van der Waals surface area contributed by atoms with Gasteiger partial charge < -0.3 is 21.1 Å². The van der Waals surface area contributed by atoms with Crippen molar-refractivity contribution in [2.75, 3.05) is 30.7 Å². The van der Waals surface area contributed by atoms with Crippen molar-refractivity contribution in [3.63, 3.8) is 0 Å². The Labute approximate surface area is 300 Å². The molecule has 14 nitrogen and oxygen atoms in total. The van der Waals surface area contributed by atoms with Gasteiger partial charge in [0.15, 0.2) is 5.82 Å². The lowest BCUT2D eigenvalue weighted by molar-refractivity contribution is -0.136. The minimum atomic E-state index is -0.970. The Morgan fingerprint density at radius 1 is 0.827 bits per heavy atom. The molecule has 1 saturated carbocycles. The maximum atomic E-state index is 13.2. The standard InChI is InChI=1S/C38H41N9O5/c39-35-29(18-31(43-44-35)28-3-1-2-4-33(28)48)23-20-41-46(21-23)26-13-15-45(16-14-26)25-8-5-22(6-9-25)19-40-24-7-10-27-30(17-24)38(52)47(37(27)51)32-11-12-34(49)42-36(32)50/h1-4,7,10,17-18,20-22,25-26,32,40,48H,5-6,8-9,11-16,19H2,(H2,39,44)(H,42,49,50). The van der Waals surface area contributed by atoms with Crippen LogP contribution < -0.4 is 16.4 Å². The molecule has 1 unspecified atom stereocenters. The summed E-state index contributed by atoms with van der Waals surface area (Å²) in [7, 11) is 0. The van der Waals surface area contributed by atoms with E-state index in [-0.39, 0.29) is 29.7 Å². The van der Waals surface area contributed by atoms with Crippen LogP contribution in [0.5, 0.6) is 5.75 Å². The molecule has 0 spiro atoms. The number of aromatic nitrogens is 4. The summed E-state index contributed by atoms with van der Waals surface area (Å²) in [6.07, 6.45) is 10.6. The van der Waals surface area contributed by atoms with Gasteiger partial charge in [0.1, 0.15) is 11.8 Å². The quantitative estimate of drug-likeness (QED) is 0.194. The number of anilines is 2. The molecule has 5 N–H and O–H groups in total. The molecule has 3 fully saturated rings. The van der Waals surface area contributed by atoms with Crippen LogP contribution >= 0.6 is 0 Å². The number of fused-ring (bicyclic) bond motifs is 1. The third kappa shape index (κ3) is 6.38. The predicted molar refractivity (Wildman–Crippen MR) is 192 cm³/mol. The molecule has 5 heterocycles. The average molecular weight is 704 g/mol. The molecule has 3 aliphatic heterocycles. The van der Waals surface area contributed by atoms with Gasteiger partial charge in [-0.15, -0.1) is 10.2 Å². The molecule has 52 heavy (non-hydrogen) atoms. The molecule has 4 aromatic rings. The van der Waals surface area contributed by atoms with E-state index < -0.39 is 29.7 Å². The number of nitrogens with two attached hydrogens (primary N) is 1. The molecular formula is C38H41N9O5. The van der Waals surface area contributed by atoms with E-state index in [9.17, 15) is 24.3 Å². The molecule has 0 radical (unpaired) electrons. The Morgan fingerprint density at radius 3 is 2.37 bits per heavy atom. The zero-order chi connectivity index (χ0) is 35.9. The van der Waals surface area contributed by atoms with E-state index in [4.69, 9.17) is 10.8 Å². The third-order valence-electron chi connectivity index (χ3n) is 11.2. The van der Waals surface area contributed by atoms with E-state index in [1.165, 1.54) is 0 Å². The highest BCUT2D eigenvalue weighted by molar-refractivity contribution is 6.23. The molecule has 14 heteroatoms. The fourth-order valence-corrected chi connectivity index (χ4v) is 8.20. The molecule has 1 aliphatic carbocycles. The normalized spacial score (nSPS) is 22.8. The zero-order valence-corrected chi connectivity index (χ0v) is 28.7. The predicted octanol–water partition coefficient (Wildman–Crippen LogP) is 4.00. The smallest absolute Gasteiger partial charge is 0.262 e. The first-order chi connectivity index (χ1) is 25.2. The number of carbonyl (C=O) groups excluding carboxylic acids is 4. The summed E-state index contributed by atoms with van der Waals surface area (Å²) < 4.78 is 2.05. The number of piperidine rings is 2. The topological polar surface area (TPSA) is 189 Å². The molecular weight excluding hydrogens is 662 g/mol. The molecule has 2 aromatic heterocycles. The largest absolute Gasteiger partial charge is 0.507 e. The van der Waals surface area contributed by atoms with Gasteiger partial charge in [0.2, 0.25) is 11.8 Å². The highest BCUT2D eigenvalue weighted by Crippen LogP contribution is 2.35. The number of carbonyl (C=O) groups is 4. The molecule has 2 saturated heterocycles. The molecule has 1 atom stereocenters. The highest BCUT2D eigenvalue weighted by atomic mass is 16.3. The van der Waals surface area contributed by atoms with Crippen LogP contribution in [-0.4, -0.2) is 90.2 Å². The summed E-state index contributed by atoms with van der Waals surface area (Å²) in [5.41, 5.74) is 10.3. The van der Waals surface area contributed by atoms with Crippen LogP contribution in [0.3, 0.4) is 0 Å². The number of likely N-dealkylation sites (tertiary alicyclic amines) is 1. The first-order valence-electron chi connectivity index (χ1n) is 18.0. The number of imide groups is 2. The van der Waals surface area contributed by atoms with Crippen LogP contribution in [0, 0.1) is 5.92 Å². The second kappa shape index (κ2) is 13.8. The Morgan fingerprint density at radius 2 is 1.60 bits per heavy atom. The Kier molecular flexibility index (Phi) is 8.91. The number of hydrogen-bond acceptors (Lipinski definition) is 11. The van der Waals surface area contributed by atoms with Crippen LogP contribution in [0.4, 0.5) is 11.5 Å². The van der Waals surface area contributed by atoms with E-state index in [0.29, 0.717) is 35.1 Å². The molecule has 268 valence electrons. The third-order valence-corrected chi connectivity index (χ3v) is 11.2. The minimum Gasteiger partial charge on any atom is -0.507 e.